The Morgan fingerprint density at radius 1 is 1.00 bits per heavy atom. The van der Waals surface area contributed by atoms with Crippen LogP contribution in [0.3, 0.4) is 0 Å². The molecule has 0 radical (unpaired) electrons. The predicted octanol–water partition coefficient (Wildman–Crippen LogP) is 1.28. The number of carbonyl (C=O) groups excluding carboxylic acids is 1. The lowest BCUT2D eigenvalue weighted by molar-refractivity contribution is -0.462. The van der Waals surface area contributed by atoms with Crippen LogP contribution in [0.1, 0.15) is 11.5 Å². The van der Waals surface area contributed by atoms with Crippen LogP contribution in [0, 0.1) is 0 Å². The third-order valence-corrected chi connectivity index (χ3v) is 4.60. The molecule has 0 aliphatic heterocycles. The highest BCUT2D eigenvalue weighted by Crippen LogP contribution is 2.39. The fourth-order valence-corrected chi connectivity index (χ4v) is 3.07. The summed E-state index contributed by atoms with van der Waals surface area (Å²) in [4.78, 5) is 14.5. The van der Waals surface area contributed by atoms with Crippen LogP contribution in [0.15, 0.2) is 59.7 Å². The average molecular weight is 322 g/mol. The van der Waals surface area contributed by atoms with E-state index in [2.05, 4.69) is 0 Å². The molecule has 0 saturated heterocycles. The van der Waals surface area contributed by atoms with Gasteiger partial charge < -0.3 is 10.0 Å². The number of rotatable bonds is 2. The number of carbonyl (C=O) groups is 1. The van der Waals surface area contributed by atoms with Gasteiger partial charge in [-0.1, -0.05) is 18.2 Å². The molecule has 2 unspecified atom stereocenters. The molecule has 2 aliphatic carbocycles. The maximum atomic E-state index is 12.6. The molecule has 1 saturated carbocycles. The smallest absolute Gasteiger partial charge is 0.199 e. The first-order valence-electron chi connectivity index (χ1n) is 8.02. The van der Waals surface area contributed by atoms with Crippen molar-refractivity contribution in [2.24, 2.45) is 0 Å². The molecule has 4 heteroatoms. The fraction of sp³-hybridized carbons (Fsp3) is 0.300. The highest BCUT2D eigenvalue weighted by atomic mass is 16.3. The van der Waals surface area contributed by atoms with Crippen LogP contribution in [0.5, 0.6) is 0 Å². The van der Waals surface area contributed by atoms with E-state index in [-0.39, 0.29) is 5.78 Å². The summed E-state index contributed by atoms with van der Waals surface area (Å²) in [6.07, 6.45) is 6.59. The number of benzene rings is 1. The minimum absolute atomic E-state index is 0.0507. The molecule has 0 spiro atoms. The number of anilines is 1. The normalized spacial score (nSPS) is 22.7. The molecule has 0 N–H and O–H groups in total. The van der Waals surface area contributed by atoms with Crippen LogP contribution < -0.4 is 10.0 Å². The Balaban J connectivity index is 1.84. The summed E-state index contributed by atoms with van der Waals surface area (Å²) in [5.41, 5.74) is 4.05. The molecule has 1 aromatic rings. The number of hydrogen-bond donors (Lipinski definition) is 0. The van der Waals surface area contributed by atoms with Gasteiger partial charge in [-0.3, -0.25) is 4.79 Å². The molecule has 0 amide bonds. The zero-order valence-corrected chi connectivity index (χ0v) is 14.5. The van der Waals surface area contributed by atoms with E-state index in [4.69, 9.17) is 0 Å². The van der Waals surface area contributed by atoms with Crippen molar-refractivity contribution in [3.05, 3.63) is 65.3 Å². The number of ketones is 1. The second-order valence-electron chi connectivity index (χ2n) is 6.60. The zero-order valence-electron chi connectivity index (χ0n) is 14.5. The van der Waals surface area contributed by atoms with Gasteiger partial charge in [-0.2, -0.15) is 0 Å². The van der Waals surface area contributed by atoms with Crippen LogP contribution in [0.4, 0.5) is 5.69 Å². The van der Waals surface area contributed by atoms with Gasteiger partial charge in [0.25, 0.3) is 0 Å². The second-order valence-corrected chi connectivity index (χ2v) is 6.60. The van der Waals surface area contributed by atoms with E-state index in [1.807, 2.05) is 86.2 Å². The highest BCUT2D eigenvalue weighted by molar-refractivity contribution is 6.11. The van der Waals surface area contributed by atoms with Gasteiger partial charge in [0.2, 0.25) is 0 Å². The van der Waals surface area contributed by atoms with Crippen molar-refractivity contribution in [3.63, 3.8) is 0 Å². The first-order valence-corrected chi connectivity index (χ1v) is 8.02. The molecule has 1 aromatic carbocycles. The average Bonchev–Trinajstić information content (AvgIpc) is 2.56. The summed E-state index contributed by atoms with van der Waals surface area (Å²) < 4.78 is 1.99. The zero-order chi connectivity index (χ0) is 17.4. The summed E-state index contributed by atoms with van der Waals surface area (Å²) in [7, 11) is 7.84. The van der Waals surface area contributed by atoms with Crippen molar-refractivity contribution in [2.45, 2.75) is 12.0 Å². The monoisotopic (exact) mass is 322 g/mol. The standard InChI is InChI=1S/C20H22N2O2/c1-21(2)15-9-5-13(6-10-15)17-19(23)18(20(17)24)14-7-11-16(12-8-14)22(3)4/h5-12,17,19H,1-4H3. The molecule has 2 atom stereocenters. The molecule has 0 aromatic heterocycles. The maximum Gasteiger partial charge on any atom is 0.199 e. The molecular formula is C20H22N2O2. The third-order valence-electron chi connectivity index (χ3n) is 4.60. The van der Waals surface area contributed by atoms with Gasteiger partial charge in [-0.25, -0.2) is 4.58 Å². The lowest BCUT2D eigenvalue weighted by Crippen LogP contribution is -2.52. The van der Waals surface area contributed by atoms with Gasteiger partial charge in [-0.15, -0.1) is 0 Å². The van der Waals surface area contributed by atoms with Gasteiger partial charge in [0.1, 0.15) is 14.1 Å². The Morgan fingerprint density at radius 3 is 2.04 bits per heavy atom. The predicted molar refractivity (Wildman–Crippen MR) is 94.7 cm³/mol. The van der Waals surface area contributed by atoms with Crippen LogP contribution in [0.2, 0.25) is 0 Å². The first kappa shape index (κ1) is 16.4. The number of hydrogen-bond acceptors (Lipinski definition) is 3. The van der Waals surface area contributed by atoms with Gasteiger partial charge in [0.05, 0.1) is 0 Å². The molecule has 4 nitrogen and oxygen atoms in total. The highest BCUT2D eigenvalue weighted by Gasteiger charge is 2.40. The summed E-state index contributed by atoms with van der Waals surface area (Å²) in [5.74, 6) is -0.616. The Labute approximate surface area is 142 Å². The van der Waals surface area contributed by atoms with Crippen LogP contribution in [0.25, 0.3) is 0 Å². The van der Waals surface area contributed by atoms with Crippen molar-refractivity contribution in [1.82, 2.24) is 0 Å². The topological polar surface area (TPSA) is 46.4 Å². The Bertz CT molecular complexity index is 773. The Morgan fingerprint density at radius 2 is 1.58 bits per heavy atom. The lowest BCUT2D eigenvalue weighted by Gasteiger charge is -2.44. The van der Waals surface area contributed by atoms with Crippen LogP contribution >= 0.6 is 0 Å². The van der Waals surface area contributed by atoms with Crippen molar-refractivity contribution >= 4 is 17.2 Å². The van der Waals surface area contributed by atoms with E-state index in [0.717, 1.165) is 22.5 Å². The van der Waals surface area contributed by atoms with Crippen molar-refractivity contribution in [3.8, 4) is 0 Å². The van der Waals surface area contributed by atoms with Gasteiger partial charge in [0.15, 0.2) is 11.5 Å². The quantitative estimate of drug-likeness (QED) is 0.609. The summed E-state index contributed by atoms with van der Waals surface area (Å²) in [6.45, 7) is 0. The third kappa shape index (κ3) is 2.74. The SMILES string of the molecule is CN(C)c1ccc(C2C(=O)C(=C3C=CC(=[N+](C)C)C=C3)C2[O-])cc1. The minimum Gasteiger partial charge on any atom is -0.848 e. The number of Topliss-reactive ketones (excluding diaryl/α,β-unsaturated/α-hetero) is 1. The number of allylic oxidation sites excluding steroid dienone is 5. The molecule has 24 heavy (non-hydrogen) atoms. The largest absolute Gasteiger partial charge is 0.848 e. The van der Waals surface area contributed by atoms with Gasteiger partial charge >= 0.3 is 0 Å². The molecule has 3 rings (SSSR count). The van der Waals surface area contributed by atoms with Crippen molar-refractivity contribution < 1.29 is 14.5 Å². The molecule has 0 heterocycles. The van der Waals surface area contributed by atoms with E-state index in [0.29, 0.717) is 5.57 Å². The first-order chi connectivity index (χ1) is 11.4. The van der Waals surface area contributed by atoms with E-state index in [1.54, 1.807) is 0 Å². The number of nitrogens with zero attached hydrogens (tertiary/aromatic N) is 2. The molecule has 124 valence electrons. The summed E-state index contributed by atoms with van der Waals surface area (Å²) in [6, 6.07) is 7.65. The van der Waals surface area contributed by atoms with E-state index >= 15 is 0 Å². The minimum atomic E-state index is -0.993. The van der Waals surface area contributed by atoms with Crippen molar-refractivity contribution in [1.29, 1.82) is 0 Å². The molecule has 2 aliphatic rings. The molecule has 0 bridgehead atoms. The maximum absolute atomic E-state index is 12.6. The summed E-state index contributed by atoms with van der Waals surface area (Å²) >= 11 is 0. The van der Waals surface area contributed by atoms with E-state index in [1.165, 1.54) is 0 Å². The van der Waals surface area contributed by atoms with Gasteiger partial charge in [0, 0.05) is 37.9 Å². The fourth-order valence-electron chi connectivity index (χ4n) is 3.07. The lowest BCUT2D eigenvalue weighted by atomic mass is 9.69. The second kappa shape index (κ2) is 6.21. The molecule has 1 fully saturated rings. The van der Waals surface area contributed by atoms with Gasteiger partial charge in [-0.05, 0) is 41.0 Å². The Kier molecular flexibility index (Phi) is 4.24. The molecular weight excluding hydrogens is 300 g/mol. The van der Waals surface area contributed by atoms with E-state index in [9.17, 15) is 9.90 Å². The summed E-state index contributed by atoms with van der Waals surface area (Å²) in [5, 5.41) is 12.6. The van der Waals surface area contributed by atoms with Crippen molar-refractivity contribution in [2.75, 3.05) is 33.1 Å². The van der Waals surface area contributed by atoms with Crippen LogP contribution in [-0.2, 0) is 4.79 Å². The van der Waals surface area contributed by atoms with E-state index < -0.39 is 12.0 Å². The Hall–Kier alpha value is -2.46. The van der Waals surface area contributed by atoms with Crippen LogP contribution in [-0.4, -0.2) is 50.4 Å².